The third kappa shape index (κ3) is 2.95. The number of carbonyl (C=O) groups excluding carboxylic acids is 1. The van der Waals surface area contributed by atoms with Gasteiger partial charge in [0.15, 0.2) is 0 Å². The standard InChI is InChI=1S/C21H24N2O/c1-14-11-16-7-4-8-17(16)12-19(14)18-9-10-20(22-13-18)23-21(24)15-5-2-3-6-15/h9-13,15H,2-8H2,1H3,(H,22,23,24). The number of pyridine rings is 1. The first-order valence-electron chi connectivity index (χ1n) is 9.10. The van der Waals surface area contributed by atoms with E-state index < -0.39 is 0 Å². The second-order valence-corrected chi connectivity index (χ2v) is 7.19. The fraction of sp³-hybridized carbons (Fsp3) is 0.429. The first kappa shape index (κ1) is 15.4. The number of hydrogen-bond donors (Lipinski definition) is 1. The van der Waals surface area contributed by atoms with Gasteiger partial charge in [-0.05, 0) is 73.4 Å². The lowest BCUT2D eigenvalue weighted by Gasteiger charge is -2.12. The van der Waals surface area contributed by atoms with Gasteiger partial charge in [-0.2, -0.15) is 0 Å². The molecule has 0 unspecified atom stereocenters. The lowest BCUT2D eigenvalue weighted by Crippen LogP contribution is -2.20. The summed E-state index contributed by atoms with van der Waals surface area (Å²) in [6.45, 7) is 2.17. The molecule has 1 N–H and O–H groups in total. The smallest absolute Gasteiger partial charge is 0.228 e. The number of benzene rings is 1. The van der Waals surface area contributed by atoms with E-state index in [0.29, 0.717) is 5.82 Å². The minimum atomic E-state index is 0.126. The van der Waals surface area contributed by atoms with Crippen molar-refractivity contribution in [2.24, 2.45) is 5.92 Å². The van der Waals surface area contributed by atoms with Gasteiger partial charge in [0.1, 0.15) is 5.82 Å². The Balaban J connectivity index is 1.52. The first-order valence-corrected chi connectivity index (χ1v) is 9.10. The molecule has 3 heteroatoms. The molecule has 1 amide bonds. The largest absolute Gasteiger partial charge is 0.310 e. The van der Waals surface area contributed by atoms with Crippen molar-refractivity contribution in [3.05, 3.63) is 47.2 Å². The molecular weight excluding hydrogens is 296 g/mol. The number of aromatic nitrogens is 1. The number of aryl methyl sites for hydroxylation is 3. The van der Waals surface area contributed by atoms with E-state index in [1.807, 2.05) is 12.3 Å². The number of hydrogen-bond acceptors (Lipinski definition) is 2. The molecule has 0 saturated heterocycles. The van der Waals surface area contributed by atoms with E-state index in [1.54, 1.807) is 0 Å². The van der Waals surface area contributed by atoms with Gasteiger partial charge in [0, 0.05) is 17.7 Å². The maximum absolute atomic E-state index is 12.2. The molecule has 1 saturated carbocycles. The van der Waals surface area contributed by atoms with Crippen LogP contribution in [0.3, 0.4) is 0 Å². The van der Waals surface area contributed by atoms with Gasteiger partial charge in [-0.15, -0.1) is 0 Å². The zero-order valence-corrected chi connectivity index (χ0v) is 14.3. The second-order valence-electron chi connectivity index (χ2n) is 7.19. The summed E-state index contributed by atoms with van der Waals surface area (Å²) >= 11 is 0. The average Bonchev–Trinajstić information content (AvgIpc) is 3.26. The normalized spacial score (nSPS) is 17.0. The molecule has 0 spiro atoms. The molecule has 1 heterocycles. The van der Waals surface area contributed by atoms with E-state index in [-0.39, 0.29) is 11.8 Å². The van der Waals surface area contributed by atoms with Gasteiger partial charge in [-0.1, -0.05) is 25.0 Å². The molecule has 1 aromatic heterocycles. The van der Waals surface area contributed by atoms with Crippen LogP contribution in [0.5, 0.6) is 0 Å². The zero-order chi connectivity index (χ0) is 16.5. The van der Waals surface area contributed by atoms with Crippen molar-refractivity contribution < 1.29 is 4.79 Å². The van der Waals surface area contributed by atoms with Crippen molar-refractivity contribution >= 4 is 11.7 Å². The predicted molar refractivity (Wildman–Crippen MR) is 97.0 cm³/mol. The highest BCUT2D eigenvalue weighted by molar-refractivity contribution is 5.92. The van der Waals surface area contributed by atoms with Crippen LogP contribution in [-0.2, 0) is 17.6 Å². The Morgan fingerprint density at radius 2 is 1.83 bits per heavy atom. The SMILES string of the molecule is Cc1cc2c(cc1-c1ccc(NC(=O)C3CCCC3)nc1)CCC2. The van der Waals surface area contributed by atoms with Gasteiger partial charge in [0.05, 0.1) is 0 Å². The minimum absolute atomic E-state index is 0.126. The summed E-state index contributed by atoms with van der Waals surface area (Å²) in [5, 5.41) is 2.97. The predicted octanol–water partition coefficient (Wildman–Crippen LogP) is 4.67. The Morgan fingerprint density at radius 1 is 1.08 bits per heavy atom. The highest BCUT2D eigenvalue weighted by Gasteiger charge is 2.22. The third-order valence-corrected chi connectivity index (χ3v) is 5.49. The molecule has 24 heavy (non-hydrogen) atoms. The zero-order valence-electron chi connectivity index (χ0n) is 14.3. The quantitative estimate of drug-likeness (QED) is 0.892. The molecule has 2 aromatic rings. The Hall–Kier alpha value is -2.16. The number of amides is 1. The van der Waals surface area contributed by atoms with Crippen molar-refractivity contribution in [1.82, 2.24) is 4.98 Å². The fourth-order valence-electron chi connectivity index (χ4n) is 4.10. The second kappa shape index (κ2) is 6.39. The van der Waals surface area contributed by atoms with E-state index in [4.69, 9.17) is 0 Å². The molecule has 2 aliphatic rings. The van der Waals surface area contributed by atoms with E-state index in [9.17, 15) is 4.79 Å². The van der Waals surface area contributed by atoms with E-state index in [2.05, 4.69) is 35.4 Å². The van der Waals surface area contributed by atoms with Crippen molar-refractivity contribution in [1.29, 1.82) is 0 Å². The van der Waals surface area contributed by atoms with E-state index >= 15 is 0 Å². The molecule has 4 rings (SSSR count). The van der Waals surface area contributed by atoms with Gasteiger partial charge in [-0.3, -0.25) is 4.79 Å². The third-order valence-electron chi connectivity index (χ3n) is 5.49. The summed E-state index contributed by atoms with van der Waals surface area (Å²) in [6.07, 6.45) is 9.91. The Morgan fingerprint density at radius 3 is 2.54 bits per heavy atom. The highest BCUT2D eigenvalue weighted by Crippen LogP contribution is 2.31. The molecular formula is C21H24N2O. The highest BCUT2D eigenvalue weighted by atomic mass is 16.1. The topological polar surface area (TPSA) is 42.0 Å². The van der Waals surface area contributed by atoms with Crippen LogP contribution in [0.2, 0.25) is 0 Å². The van der Waals surface area contributed by atoms with Gasteiger partial charge < -0.3 is 5.32 Å². The Bertz CT molecular complexity index is 758. The molecule has 0 bridgehead atoms. The molecule has 0 atom stereocenters. The summed E-state index contributed by atoms with van der Waals surface area (Å²) in [6, 6.07) is 8.65. The lowest BCUT2D eigenvalue weighted by atomic mass is 9.96. The summed E-state index contributed by atoms with van der Waals surface area (Å²) in [7, 11) is 0. The molecule has 0 aliphatic heterocycles. The van der Waals surface area contributed by atoms with Crippen LogP contribution in [0.15, 0.2) is 30.5 Å². The van der Waals surface area contributed by atoms with Crippen LogP contribution < -0.4 is 5.32 Å². The van der Waals surface area contributed by atoms with Crippen LogP contribution >= 0.6 is 0 Å². The maximum Gasteiger partial charge on any atom is 0.228 e. The lowest BCUT2D eigenvalue weighted by molar-refractivity contribution is -0.119. The van der Waals surface area contributed by atoms with E-state index in [1.165, 1.54) is 54.4 Å². The minimum Gasteiger partial charge on any atom is -0.310 e. The summed E-state index contributed by atoms with van der Waals surface area (Å²) in [5.41, 5.74) is 6.68. The maximum atomic E-state index is 12.2. The Labute approximate surface area is 143 Å². The number of carbonyl (C=O) groups is 1. The van der Waals surface area contributed by atoms with Crippen molar-refractivity contribution in [2.45, 2.75) is 51.9 Å². The van der Waals surface area contributed by atoms with Crippen molar-refractivity contribution in [3.63, 3.8) is 0 Å². The van der Waals surface area contributed by atoms with Crippen LogP contribution in [0.4, 0.5) is 5.82 Å². The summed E-state index contributed by atoms with van der Waals surface area (Å²) in [5.74, 6) is 0.960. The molecule has 3 nitrogen and oxygen atoms in total. The summed E-state index contributed by atoms with van der Waals surface area (Å²) in [4.78, 5) is 16.7. The van der Waals surface area contributed by atoms with E-state index in [0.717, 1.165) is 18.4 Å². The van der Waals surface area contributed by atoms with Gasteiger partial charge in [-0.25, -0.2) is 4.98 Å². The number of nitrogens with zero attached hydrogens (tertiary/aromatic N) is 1. The van der Waals surface area contributed by atoms with Crippen molar-refractivity contribution in [3.8, 4) is 11.1 Å². The van der Waals surface area contributed by atoms with Gasteiger partial charge >= 0.3 is 0 Å². The number of anilines is 1. The van der Waals surface area contributed by atoms with Gasteiger partial charge in [0.2, 0.25) is 5.91 Å². The Kier molecular flexibility index (Phi) is 4.09. The first-order chi connectivity index (χ1) is 11.7. The number of rotatable bonds is 3. The summed E-state index contributed by atoms with van der Waals surface area (Å²) < 4.78 is 0. The molecule has 0 radical (unpaired) electrons. The molecule has 1 fully saturated rings. The number of nitrogens with one attached hydrogen (secondary N) is 1. The van der Waals surface area contributed by atoms with Crippen LogP contribution in [0.25, 0.3) is 11.1 Å². The number of fused-ring (bicyclic) bond motifs is 1. The monoisotopic (exact) mass is 320 g/mol. The fourth-order valence-corrected chi connectivity index (χ4v) is 4.10. The molecule has 124 valence electrons. The average molecular weight is 320 g/mol. The van der Waals surface area contributed by atoms with Crippen LogP contribution in [0.1, 0.15) is 48.8 Å². The van der Waals surface area contributed by atoms with Crippen LogP contribution in [0, 0.1) is 12.8 Å². The van der Waals surface area contributed by atoms with Crippen LogP contribution in [-0.4, -0.2) is 10.9 Å². The van der Waals surface area contributed by atoms with Gasteiger partial charge in [0.25, 0.3) is 0 Å². The molecule has 1 aromatic carbocycles. The molecule has 2 aliphatic carbocycles. The van der Waals surface area contributed by atoms with Crippen molar-refractivity contribution in [2.75, 3.05) is 5.32 Å².